The molecular formula is C8H13N5O3. The number of carbonyl (C=O) groups is 2. The van der Waals surface area contributed by atoms with Gasteiger partial charge in [0.05, 0.1) is 6.54 Å². The van der Waals surface area contributed by atoms with Crippen LogP contribution in [0.25, 0.3) is 0 Å². The van der Waals surface area contributed by atoms with Gasteiger partial charge in [0.25, 0.3) is 0 Å². The highest BCUT2D eigenvalue weighted by Crippen LogP contribution is 1.98. The molecule has 0 saturated heterocycles. The van der Waals surface area contributed by atoms with Crippen LogP contribution in [0.4, 0.5) is 4.79 Å². The number of amides is 2. The molecular weight excluding hydrogens is 214 g/mol. The van der Waals surface area contributed by atoms with Crippen LogP contribution in [0.1, 0.15) is 5.82 Å². The van der Waals surface area contributed by atoms with E-state index in [1.807, 2.05) is 0 Å². The SMILES string of the molecule is CN(CC(=O)O)C(=O)N(C)Cc1ncn[nH]1. The van der Waals surface area contributed by atoms with E-state index in [0.717, 1.165) is 4.90 Å². The lowest BCUT2D eigenvalue weighted by Gasteiger charge is -2.22. The van der Waals surface area contributed by atoms with Crippen LogP contribution in [-0.2, 0) is 11.3 Å². The van der Waals surface area contributed by atoms with E-state index in [2.05, 4.69) is 15.2 Å². The van der Waals surface area contributed by atoms with E-state index < -0.39 is 5.97 Å². The fourth-order valence-corrected chi connectivity index (χ4v) is 1.16. The number of rotatable bonds is 4. The fraction of sp³-hybridized carbons (Fsp3) is 0.500. The second kappa shape index (κ2) is 5.10. The standard InChI is InChI=1S/C8H13N5O3/c1-12(3-6-9-5-10-11-6)8(16)13(2)4-7(14)15/h5H,3-4H2,1-2H3,(H,14,15)(H,9,10,11). The Labute approximate surface area is 91.9 Å². The Kier molecular flexibility index (Phi) is 3.81. The summed E-state index contributed by atoms with van der Waals surface area (Å²) in [5.74, 6) is -0.511. The lowest BCUT2D eigenvalue weighted by Crippen LogP contribution is -2.41. The van der Waals surface area contributed by atoms with Gasteiger partial charge in [-0.3, -0.25) is 9.89 Å². The number of carboxylic acid groups (broad SMARTS) is 1. The predicted molar refractivity (Wildman–Crippen MR) is 53.5 cm³/mol. The van der Waals surface area contributed by atoms with Gasteiger partial charge >= 0.3 is 12.0 Å². The monoisotopic (exact) mass is 227 g/mol. The number of aromatic amines is 1. The minimum atomic E-state index is -1.05. The van der Waals surface area contributed by atoms with Crippen molar-refractivity contribution in [2.75, 3.05) is 20.6 Å². The molecule has 0 atom stereocenters. The zero-order valence-electron chi connectivity index (χ0n) is 9.04. The van der Waals surface area contributed by atoms with Crippen molar-refractivity contribution < 1.29 is 14.7 Å². The summed E-state index contributed by atoms with van der Waals surface area (Å²) in [6.07, 6.45) is 1.34. The minimum absolute atomic E-state index is 0.253. The van der Waals surface area contributed by atoms with Crippen molar-refractivity contribution in [3.05, 3.63) is 12.2 Å². The molecule has 0 radical (unpaired) electrons. The first-order chi connectivity index (χ1) is 7.50. The molecule has 8 nitrogen and oxygen atoms in total. The third-order valence-corrected chi connectivity index (χ3v) is 1.88. The van der Waals surface area contributed by atoms with E-state index in [4.69, 9.17) is 5.11 Å². The second-order valence-electron chi connectivity index (χ2n) is 3.32. The van der Waals surface area contributed by atoms with Crippen molar-refractivity contribution in [1.82, 2.24) is 25.0 Å². The first-order valence-electron chi connectivity index (χ1n) is 4.53. The molecule has 0 saturated carbocycles. The fourth-order valence-electron chi connectivity index (χ4n) is 1.16. The number of carboxylic acids is 1. The van der Waals surface area contributed by atoms with Gasteiger partial charge in [0.2, 0.25) is 0 Å². The van der Waals surface area contributed by atoms with Crippen LogP contribution in [0.5, 0.6) is 0 Å². The molecule has 1 rings (SSSR count). The Morgan fingerprint density at radius 3 is 2.62 bits per heavy atom. The van der Waals surface area contributed by atoms with Gasteiger partial charge in [-0.15, -0.1) is 0 Å². The van der Waals surface area contributed by atoms with Crippen LogP contribution >= 0.6 is 0 Å². The van der Waals surface area contributed by atoms with Gasteiger partial charge in [0.1, 0.15) is 18.7 Å². The predicted octanol–water partition coefficient (Wildman–Crippen LogP) is -0.627. The van der Waals surface area contributed by atoms with Crippen molar-refractivity contribution in [1.29, 1.82) is 0 Å². The zero-order chi connectivity index (χ0) is 12.1. The van der Waals surface area contributed by atoms with Gasteiger partial charge in [-0.25, -0.2) is 9.78 Å². The Bertz CT molecular complexity index is 364. The molecule has 0 unspecified atom stereocenters. The van der Waals surface area contributed by atoms with E-state index in [1.165, 1.54) is 18.3 Å². The molecule has 0 fully saturated rings. The number of carbonyl (C=O) groups excluding carboxylic acids is 1. The summed E-state index contributed by atoms with van der Waals surface area (Å²) in [4.78, 5) is 28.4. The van der Waals surface area contributed by atoms with Crippen LogP contribution in [-0.4, -0.2) is 62.7 Å². The lowest BCUT2D eigenvalue weighted by atomic mass is 10.5. The average Bonchev–Trinajstić information content (AvgIpc) is 2.68. The number of hydrogen-bond acceptors (Lipinski definition) is 4. The molecule has 0 spiro atoms. The number of urea groups is 1. The van der Waals surface area contributed by atoms with Crippen molar-refractivity contribution >= 4 is 12.0 Å². The minimum Gasteiger partial charge on any atom is -0.480 e. The maximum absolute atomic E-state index is 11.6. The van der Waals surface area contributed by atoms with E-state index in [-0.39, 0.29) is 19.1 Å². The number of nitrogens with one attached hydrogen (secondary N) is 1. The number of aromatic nitrogens is 3. The first kappa shape index (κ1) is 12.0. The largest absolute Gasteiger partial charge is 0.480 e. The van der Waals surface area contributed by atoms with Crippen LogP contribution in [0, 0.1) is 0 Å². The van der Waals surface area contributed by atoms with Crippen LogP contribution < -0.4 is 0 Å². The molecule has 1 aromatic heterocycles. The zero-order valence-corrected chi connectivity index (χ0v) is 9.04. The molecule has 16 heavy (non-hydrogen) atoms. The van der Waals surface area contributed by atoms with Gasteiger partial charge in [0.15, 0.2) is 0 Å². The molecule has 2 N–H and O–H groups in total. The summed E-state index contributed by atoms with van der Waals surface area (Å²) in [7, 11) is 2.98. The quantitative estimate of drug-likeness (QED) is 0.713. The molecule has 0 aliphatic carbocycles. The Morgan fingerprint density at radius 2 is 2.12 bits per heavy atom. The molecule has 88 valence electrons. The van der Waals surface area contributed by atoms with Crippen LogP contribution in [0.15, 0.2) is 6.33 Å². The number of hydrogen-bond donors (Lipinski definition) is 2. The molecule has 1 aromatic rings. The van der Waals surface area contributed by atoms with E-state index in [9.17, 15) is 9.59 Å². The van der Waals surface area contributed by atoms with Crippen LogP contribution in [0.2, 0.25) is 0 Å². The third-order valence-electron chi connectivity index (χ3n) is 1.88. The summed E-state index contributed by atoms with van der Waals surface area (Å²) in [6.45, 7) is -0.0810. The number of aliphatic carboxylic acids is 1. The summed E-state index contributed by atoms with van der Waals surface area (Å²) in [6, 6.07) is -0.390. The van der Waals surface area contributed by atoms with Crippen molar-refractivity contribution in [2.24, 2.45) is 0 Å². The second-order valence-corrected chi connectivity index (χ2v) is 3.32. The number of nitrogens with zero attached hydrogens (tertiary/aromatic N) is 4. The van der Waals surface area contributed by atoms with Gasteiger partial charge in [-0.2, -0.15) is 5.10 Å². The Balaban J connectivity index is 2.50. The molecule has 8 heteroatoms. The molecule has 0 bridgehead atoms. The third kappa shape index (κ3) is 3.23. The number of likely N-dealkylation sites (N-methyl/N-ethyl adjacent to an activating group) is 1. The first-order valence-corrected chi connectivity index (χ1v) is 4.53. The van der Waals surface area contributed by atoms with Gasteiger partial charge in [-0.1, -0.05) is 0 Å². The molecule has 0 aliphatic heterocycles. The normalized spacial score (nSPS) is 9.88. The van der Waals surface area contributed by atoms with Crippen molar-refractivity contribution in [3.8, 4) is 0 Å². The Morgan fingerprint density at radius 1 is 1.44 bits per heavy atom. The maximum Gasteiger partial charge on any atom is 0.323 e. The van der Waals surface area contributed by atoms with E-state index in [1.54, 1.807) is 7.05 Å². The molecule has 2 amide bonds. The van der Waals surface area contributed by atoms with Crippen molar-refractivity contribution in [2.45, 2.75) is 6.54 Å². The van der Waals surface area contributed by atoms with E-state index >= 15 is 0 Å². The molecule has 0 aromatic carbocycles. The Hall–Kier alpha value is -2.12. The smallest absolute Gasteiger partial charge is 0.323 e. The summed E-state index contributed by atoms with van der Waals surface area (Å²) in [5, 5.41) is 14.8. The molecule has 1 heterocycles. The van der Waals surface area contributed by atoms with Gasteiger partial charge in [0, 0.05) is 14.1 Å². The summed E-state index contributed by atoms with van der Waals surface area (Å²) < 4.78 is 0. The maximum atomic E-state index is 11.6. The van der Waals surface area contributed by atoms with Gasteiger partial charge in [-0.05, 0) is 0 Å². The number of H-pyrrole nitrogens is 1. The molecule has 0 aliphatic rings. The topological polar surface area (TPSA) is 102 Å². The summed E-state index contributed by atoms with van der Waals surface area (Å²) >= 11 is 0. The highest BCUT2D eigenvalue weighted by Gasteiger charge is 2.17. The van der Waals surface area contributed by atoms with Crippen molar-refractivity contribution in [3.63, 3.8) is 0 Å². The highest BCUT2D eigenvalue weighted by atomic mass is 16.4. The lowest BCUT2D eigenvalue weighted by molar-refractivity contribution is -0.137. The average molecular weight is 227 g/mol. The van der Waals surface area contributed by atoms with Crippen LogP contribution in [0.3, 0.4) is 0 Å². The highest BCUT2D eigenvalue weighted by molar-refractivity contribution is 5.79. The van der Waals surface area contributed by atoms with E-state index in [0.29, 0.717) is 5.82 Å². The van der Waals surface area contributed by atoms with Gasteiger partial charge < -0.3 is 14.9 Å². The summed E-state index contributed by atoms with van der Waals surface area (Å²) in [5.41, 5.74) is 0.